The first kappa shape index (κ1) is 48.2. The molecule has 2 aliphatic heterocycles. The first-order valence-electron chi connectivity index (χ1n) is 23.1. The van der Waals surface area contributed by atoms with Gasteiger partial charge in [-0.2, -0.15) is 0 Å². The number of hydrogen-bond donors (Lipinski definition) is 1. The van der Waals surface area contributed by atoms with Crippen LogP contribution in [0.2, 0.25) is 0 Å². The van der Waals surface area contributed by atoms with E-state index < -0.39 is 24.1 Å². The Balaban J connectivity index is 0.000000200. The monoisotopic (exact) mass is 937 g/mol. The largest absolute Gasteiger partial charge is 0.489 e. The van der Waals surface area contributed by atoms with Crippen molar-refractivity contribution in [3.8, 4) is 11.5 Å². The standard InChI is InChI=1S/C34H31FN2O4.C25H22FNO2/c1-2-9-30(33(38)37-31(23-41-34(37)39)25-12-7-4-8-13-25)32(36-28-18-16-27(35)17-19-28)26-14-20-29(21-15-26)40-22-24-10-5-3-6-11-24;1-2-6-23-24(27(25(23)28)21-13-11-20(26)12-14-21)19-9-15-22(16-10-19)29-17-18-7-4-3-5-8-18/h2-8,10-21,30-32,36H,1,9,22-23H2;2-5,7-16,23-24H,1,6,17H2/t30-,31-,32-;23-,24-/m11/s1. The Bertz CT molecular complexity index is 2830. The lowest BCUT2D eigenvalue weighted by Gasteiger charge is -2.47. The quantitative estimate of drug-likeness (QED) is 0.0676. The molecule has 3 amide bonds. The molecule has 2 heterocycles. The van der Waals surface area contributed by atoms with Crippen molar-refractivity contribution in [2.45, 2.75) is 44.2 Å². The Morgan fingerprint density at radius 3 is 1.73 bits per heavy atom. The van der Waals surface area contributed by atoms with Crippen LogP contribution in [-0.4, -0.2) is 29.4 Å². The van der Waals surface area contributed by atoms with Crippen LogP contribution in [0.15, 0.2) is 213 Å². The highest BCUT2D eigenvalue weighted by Gasteiger charge is 2.48. The van der Waals surface area contributed by atoms with Crippen molar-refractivity contribution >= 4 is 29.3 Å². The first-order chi connectivity index (χ1) is 34.2. The third-order valence-electron chi connectivity index (χ3n) is 12.3. The minimum atomic E-state index is -0.717. The summed E-state index contributed by atoms with van der Waals surface area (Å²) in [6, 6.07) is 55.3. The molecule has 354 valence electrons. The van der Waals surface area contributed by atoms with Crippen molar-refractivity contribution in [3.63, 3.8) is 0 Å². The van der Waals surface area contributed by atoms with E-state index in [1.54, 1.807) is 41.3 Å². The number of nitrogens with zero attached hydrogens (tertiary/aromatic N) is 2. The second-order valence-electron chi connectivity index (χ2n) is 16.9. The van der Waals surface area contributed by atoms with Gasteiger partial charge in [0.2, 0.25) is 11.8 Å². The van der Waals surface area contributed by atoms with Crippen LogP contribution in [0.3, 0.4) is 0 Å². The number of benzene rings is 7. The molecule has 5 atom stereocenters. The third-order valence-corrected chi connectivity index (χ3v) is 12.3. The molecule has 2 aliphatic rings. The van der Waals surface area contributed by atoms with Gasteiger partial charge in [-0.25, -0.2) is 18.5 Å². The number of carbonyl (C=O) groups is 3. The molecule has 2 saturated heterocycles. The van der Waals surface area contributed by atoms with E-state index in [9.17, 15) is 23.2 Å². The molecule has 1 N–H and O–H groups in total. The van der Waals surface area contributed by atoms with E-state index in [0.29, 0.717) is 36.8 Å². The van der Waals surface area contributed by atoms with E-state index in [1.165, 1.54) is 29.2 Å². The molecular weight excluding hydrogens is 885 g/mol. The number of halogens is 2. The van der Waals surface area contributed by atoms with Crippen LogP contribution in [0.4, 0.5) is 25.0 Å². The summed E-state index contributed by atoms with van der Waals surface area (Å²) in [6.07, 6.45) is 3.65. The Morgan fingerprint density at radius 2 is 1.19 bits per heavy atom. The van der Waals surface area contributed by atoms with Gasteiger partial charge < -0.3 is 24.4 Å². The van der Waals surface area contributed by atoms with Crippen molar-refractivity contribution in [3.05, 3.63) is 253 Å². The number of cyclic esters (lactones) is 1. The molecule has 7 aromatic carbocycles. The maximum absolute atomic E-state index is 14.2. The zero-order valence-corrected chi connectivity index (χ0v) is 38.5. The zero-order valence-electron chi connectivity index (χ0n) is 38.5. The highest BCUT2D eigenvalue weighted by atomic mass is 19.1. The second kappa shape index (κ2) is 23.1. The molecule has 0 bridgehead atoms. The molecule has 0 saturated carbocycles. The number of amides is 3. The van der Waals surface area contributed by atoms with E-state index in [-0.39, 0.29) is 48.4 Å². The minimum Gasteiger partial charge on any atom is -0.489 e. The molecule has 0 aliphatic carbocycles. The van der Waals surface area contributed by atoms with Gasteiger partial charge in [0.1, 0.15) is 49.0 Å². The lowest BCUT2D eigenvalue weighted by molar-refractivity contribution is -0.134. The fraction of sp³-hybridized carbons (Fsp3) is 0.169. The number of carbonyl (C=O) groups excluding carboxylic acids is 3. The van der Waals surface area contributed by atoms with Crippen LogP contribution in [0.25, 0.3) is 0 Å². The molecule has 0 radical (unpaired) electrons. The van der Waals surface area contributed by atoms with Crippen LogP contribution in [0.1, 0.15) is 58.8 Å². The Kier molecular flexibility index (Phi) is 15.9. The highest BCUT2D eigenvalue weighted by molar-refractivity contribution is 6.03. The maximum atomic E-state index is 14.2. The molecule has 0 unspecified atom stereocenters. The second-order valence-corrected chi connectivity index (χ2v) is 16.9. The van der Waals surface area contributed by atoms with Crippen molar-refractivity contribution in [1.29, 1.82) is 0 Å². The van der Waals surface area contributed by atoms with Crippen molar-refractivity contribution < 1.29 is 37.4 Å². The molecule has 0 spiro atoms. The van der Waals surface area contributed by atoms with Gasteiger partial charge >= 0.3 is 6.09 Å². The van der Waals surface area contributed by atoms with Crippen molar-refractivity contribution in [1.82, 2.24) is 4.90 Å². The van der Waals surface area contributed by atoms with Crippen LogP contribution >= 0.6 is 0 Å². The molecule has 2 fully saturated rings. The summed E-state index contributed by atoms with van der Waals surface area (Å²) < 4.78 is 44.1. The molecule has 9 rings (SSSR count). The minimum absolute atomic E-state index is 0.0333. The fourth-order valence-corrected chi connectivity index (χ4v) is 8.71. The Labute approximate surface area is 407 Å². The van der Waals surface area contributed by atoms with Gasteiger partial charge in [-0.15, -0.1) is 13.2 Å². The van der Waals surface area contributed by atoms with Crippen LogP contribution in [-0.2, 0) is 27.5 Å². The number of anilines is 2. The van der Waals surface area contributed by atoms with E-state index in [0.717, 1.165) is 33.6 Å². The van der Waals surface area contributed by atoms with Crippen LogP contribution in [0, 0.1) is 23.5 Å². The van der Waals surface area contributed by atoms with Crippen molar-refractivity contribution in [2.24, 2.45) is 11.8 Å². The van der Waals surface area contributed by atoms with E-state index in [4.69, 9.17) is 14.2 Å². The number of rotatable bonds is 18. The van der Waals surface area contributed by atoms with Crippen molar-refractivity contribution in [2.75, 3.05) is 16.8 Å². The average molecular weight is 938 g/mol. The molecular formula is C59H53F2N3O6. The van der Waals surface area contributed by atoms with Gasteiger partial charge in [0.15, 0.2) is 0 Å². The van der Waals surface area contributed by atoms with Gasteiger partial charge in [-0.3, -0.25) is 9.59 Å². The van der Waals surface area contributed by atoms with E-state index in [1.807, 2.05) is 140 Å². The highest BCUT2D eigenvalue weighted by Crippen LogP contribution is 2.45. The van der Waals surface area contributed by atoms with Gasteiger partial charge in [-0.05, 0) is 113 Å². The summed E-state index contributed by atoms with van der Waals surface area (Å²) in [4.78, 5) is 42.7. The summed E-state index contributed by atoms with van der Waals surface area (Å²) in [7, 11) is 0. The van der Waals surface area contributed by atoms with Crippen LogP contribution in [0.5, 0.6) is 11.5 Å². The summed E-state index contributed by atoms with van der Waals surface area (Å²) >= 11 is 0. The number of imide groups is 1. The average Bonchev–Trinajstić information content (AvgIpc) is 3.80. The van der Waals surface area contributed by atoms with Gasteiger partial charge in [-0.1, -0.05) is 127 Å². The molecule has 7 aromatic rings. The Morgan fingerprint density at radius 1 is 0.657 bits per heavy atom. The molecule has 9 nitrogen and oxygen atoms in total. The lowest BCUT2D eigenvalue weighted by atomic mass is 9.79. The number of allylic oxidation sites excluding steroid dienone is 2. The summed E-state index contributed by atoms with van der Waals surface area (Å²) in [6.45, 7) is 8.67. The predicted molar refractivity (Wildman–Crippen MR) is 268 cm³/mol. The van der Waals surface area contributed by atoms with Gasteiger partial charge in [0.25, 0.3) is 0 Å². The molecule has 11 heteroatoms. The van der Waals surface area contributed by atoms with E-state index >= 15 is 0 Å². The zero-order chi connectivity index (χ0) is 48.8. The maximum Gasteiger partial charge on any atom is 0.417 e. The number of nitrogens with one attached hydrogen (secondary N) is 1. The van der Waals surface area contributed by atoms with Gasteiger partial charge in [0.05, 0.1) is 23.9 Å². The lowest BCUT2D eigenvalue weighted by Crippen LogP contribution is -2.55. The van der Waals surface area contributed by atoms with Crippen LogP contribution < -0.4 is 19.7 Å². The summed E-state index contributed by atoms with van der Waals surface area (Å²) in [5.74, 6) is -0.457. The first-order valence-corrected chi connectivity index (χ1v) is 23.1. The molecule has 0 aromatic heterocycles. The summed E-state index contributed by atoms with van der Waals surface area (Å²) in [5, 5.41) is 3.40. The number of hydrogen-bond acceptors (Lipinski definition) is 7. The van der Waals surface area contributed by atoms with E-state index in [2.05, 4.69) is 18.5 Å². The Hall–Kier alpha value is -8.31. The third kappa shape index (κ3) is 11.7. The smallest absolute Gasteiger partial charge is 0.417 e. The number of ether oxygens (including phenoxy) is 3. The topological polar surface area (TPSA) is 97.4 Å². The predicted octanol–water partition coefficient (Wildman–Crippen LogP) is 13.2. The molecule has 70 heavy (non-hydrogen) atoms. The SMILES string of the molecule is C=CC[C@@H](C(=O)N1C(=O)OC[C@@H]1c1ccccc1)[C@H](Nc1ccc(F)cc1)c1ccc(OCc2ccccc2)cc1.C=CC[C@H]1C(=O)N(c2ccc(F)cc2)[C@@H]1c1ccc(OCc2ccccc2)cc1. The number of β-lactam (4-membered cyclic amide) rings is 1. The van der Waals surface area contributed by atoms with Gasteiger partial charge in [0, 0.05) is 11.4 Å². The summed E-state index contributed by atoms with van der Waals surface area (Å²) in [5.41, 5.74) is 6.12. The normalized spacial score (nSPS) is 16.9. The fourth-order valence-electron chi connectivity index (χ4n) is 8.71.